The van der Waals surface area contributed by atoms with E-state index in [0.717, 1.165) is 17.7 Å². The first-order valence-corrected chi connectivity index (χ1v) is 20.0. The molecule has 4 heterocycles. The number of amides is 6. The predicted molar refractivity (Wildman–Crippen MR) is 207 cm³/mol. The van der Waals surface area contributed by atoms with Gasteiger partial charge in [-0.05, 0) is 76.1 Å². The van der Waals surface area contributed by atoms with Gasteiger partial charge >= 0.3 is 5.97 Å². The van der Waals surface area contributed by atoms with Gasteiger partial charge in [-0.2, -0.15) is 0 Å². The molecule has 0 radical (unpaired) electrons. The Morgan fingerprint density at radius 3 is 2.22 bits per heavy atom. The number of aryl methyl sites for hydroxylation is 1. The highest BCUT2D eigenvalue weighted by atomic mass is 19.1. The fourth-order valence-electron chi connectivity index (χ4n) is 8.39. The van der Waals surface area contributed by atoms with Crippen molar-refractivity contribution in [2.75, 3.05) is 19.6 Å². The molecule has 4 saturated heterocycles. The van der Waals surface area contributed by atoms with Gasteiger partial charge in [0.05, 0.1) is 19.4 Å². The van der Waals surface area contributed by atoms with E-state index in [1.807, 2.05) is 19.1 Å². The molecule has 0 spiro atoms. The quantitative estimate of drug-likeness (QED) is 0.280. The third kappa shape index (κ3) is 9.86. The van der Waals surface area contributed by atoms with Crippen molar-refractivity contribution in [2.45, 2.75) is 121 Å². The zero-order chi connectivity index (χ0) is 42.5. The van der Waals surface area contributed by atoms with Crippen LogP contribution in [0.15, 0.2) is 42.5 Å². The number of nitrogens with one attached hydrogen (secondary N) is 3. The van der Waals surface area contributed by atoms with Gasteiger partial charge in [0, 0.05) is 25.6 Å². The Hall–Kier alpha value is -5.92. The Labute approximate surface area is 341 Å². The standard InChI is InChI=1S/C42H49F2N7O8/c1-23-10-12-26(13-11-23)19-35(52)47-31(18-27-16-28(43)20-29(44)17-27)37(53)48-36-25(3)59-42(58)34-21-30(45-4)22-51(34)39(55)24(2)46-38(54)32-8-5-6-14-49(32)40(56)33-9-7-15-50(33)41(36)57/h10-13,16-17,20,24-25,30-34,36H,5-9,14-15,18-19,21-22H2,1-3H3,(H,46,54)(H,47,52)(H,48,53)/t24-,25-,30+,31-,32-,33-,34-,36-/m0/s1. The van der Waals surface area contributed by atoms with Crippen molar-refractivity contribution in [1.82, 2.24) is 30.7 Å². The van der Waals surface area contributed by atoms with E-state index in [4.69, 9.17) is 11.3 Å². The summed E-state index contributed by atoms with van der Waals surface area (Å²) >= 11 is 0. The number of halogens is 2. The molecular formula is C42H49F2N7O8. The largest absolute Gasteiger partial charge is 0.458 e. The van der Waals surface area contributed by atoms with E-state index in [2.05, 4.69) is 20.8 Å². The van der Waals surface area contributed by atoms with E-state index in [-0.39, 0.29) is 44.5 Å². The second-order valence-electron chi connectivity index (χ2n) is 15.9. The highest BCUT2D eigenvalue weighted by molar-refractivity contribution is 5.98. The third-order valence-corrected chi connectivity index (χ3v) is 11.5. The van der Waals surface area contributed by atoms with E-state index in [0.29, 0.717) is 37.3 Å². The Morgan fingerprint density at radius 2 is 1.53 bits per heavy atom. The van der Waals surface area contributed by atoms with Crippen LogP contribution in [0.4, 0.5) is 8.78 Å². The SMILES string of the molecule is [C-]#[N+][C@@H]1C[C@H]2C(=O)O[C@@H](C)[C@H](NC(=O)[C@H](Cc3cc(F)cc(F)c3)NC(=O)Cc3ccc(C)cc3)C(=O)N3CCC[C@H]3C(=O)N3CCCC[C@H]3C(=O)N[C@@H](C)C(=O)N2C1. The van der Waals surface area contributed by atoms with Crippen molar-refractivity contribution in [3.63, 3.8) is 0 Å². The Bertz CT molecular complexity index is 2010. The van der Waals surface area contributed by atoms with E-state index in [9.17, 15) is 42.3 Å². The second kappa shape index (κ2) is 18.3. The molecule has 2 aromatic rings. The minimum Gasteiger partial charge on any atom is -0.458 e. The molecule has 6 rings (SSSR count). The summed E-state index contributed by atoms with van der Waals surface area (Å²) in [6, 6.07) is 1.55. The van der Waals surface area contributed by atoms with Crippen LogP contribution in [0.25, 0.3) is 4.85 Å². The van der Waals surface area contributed by atoms with E-state index in [1.54, 1.807) is 12.1 Å². The van der Waals surface area contributed by atoms with Crippen LogP contribution in [0, 0.1) is 25.1 Å². The molecule has 4 fully saturated rings. The maximum Gasteiger partial charge on any atom is 0.329 e. The van der Waals surface area contributed by atoms with Crippen molar-refractivity contribution in [3.05, 3.63) is 82.2 Å². The fraction of sp³-hybridized carbons (Fsp3) is 0.524. The van der Waals surface area contributed by atoms with Gasteiger partial charge in [0.25, 0.3) is 0 Å². The molecule has 17 heteroatoms. The maximum atomic E-state index is 14.7. The highest BCUT2D eigenvalue weighted by Gasteiger charge is 2.49. The summed E-state index contributed by atoms with van der Waals surface area (Å²) in [6.45, 7) is 12.5. The number of cyclic esters (lactones) is 1. The molecule has 4 aliphatic heterocycles. The average Bonchev–Trinajstić information content (AvgIpc) is 3.87. The van der Waals surface area contributed by atoms with Gasteiger partial charge in [0.1, 0.15) is 54.0 Å². The van der Waals surface area contributed by atoms with Crippen LogP contribution < -0.4 is 16.0 Å². The topological polar surface area (TPSA) is 179 Å². The molecule has 3 N–H and O–H groups in total. The van der Waals surface area contributed by atoms with Crippen molar-refractivity contribution < 1.29 is 47.1 Å². The number of hydrogen-bond donors (Lipinski definition) is 3. The smallest absolute Gasteiger partial charge is 0.329 e. The number of fused-ring (bicyclic) bond motifs is 3. The number of hydrogen-bond acceptors (Lipinski definition) is 8. The summed E-state index contributed by atoms with van der Waals surface area (Å²) < 4.78 is 34.5. The van der Waals surface area contributed by atoms with Gasteiger partial charge in [-0.25, -0.2) is 20.1 Å². The second-order valence-corrected chi connectivity index (χ2v) is 15.9. The summed E-state index contributed by atoms with van der Waals surface area (Å²) in [4.78, 5) is 106. The first-order chi connectivity index (χ1) is 28.1. The maximum absolute atomic E-state index is 14.7. The van der Waals surface area contributed by atoms with Crippen molar-refractivity contribution in [2.24, 2.45) is 0 Å². The average molecular weight is 818 g/mol. The molecule has 8 atom stereocenters. The molecule has 0 saturated carbocycles. The normalized spacial score (nSPS) is 27.2. The minimum atomic E-state index is -1.66. The van der Waals surface area contributed by atoms with Gasteiger partial charge < -0.3 is 40.2 Å². The lowest BCUT2D eigenvalue weighted by molar-refractivity contribution is -0.163. The molecule has 0 aromatic heterocycles. The first kappa shape index (κ1) is 42.7. The molecule has 0 unspecified atom stereocenters. The van der Waals surface area contributed by atoms with Crippen LogP contribution in [-0.4, -0.2) is 124 Å². The van der Waals surface area contributed by atoms with Crippen molar-refractivity contribution >= 4 is 41.4 Å². The number of nitrogens with zero attached hydrogens (tertiary/aromatic N) is 4. The molecule has 0 aliphatic carbocycles. The third-order valence-electron chi connectivity index (χ3n) is 11.5. The summed E-state index contributed by atoms with van der Waals surface area (Å²) in [5.74, 6) is -6.79. The summed E-state index contributed by atoms with van der Waals surface area (Å²) in [6.07, 6.45) is 0.172. The van der Waals surface area contributed by atoms with Crippen LogP contribution in [0.1, 0.15) is 69.1 Å². The first-order valence-electron chi connectivity index (χ1n) is 20.0. The van der Waals surface area contributed by atoms with E-state index < -0.39 is 108 Å². The number of rotatable bonds is 7. The lowest BCUT2D eigenvalue weighted by Gasteiger charge is -2.39. The summed E-state index contributed by atoms with van der Waals surface area (Å²) in [5.41, 5.74) is 1.62. The Balaban J connectivity index is 1.35. The minimum absolute atomic E-state index is 0.0296. The van der Waals surface area contributed by atoms with Gasteiger partial charge in [0.15, 0.2) is 0 Å². The van der Waals surface area contributed by atoms with Crippen molar-refractivity contribution in [3.8, 4) is 0 Å². The summed E-state index contributed by atoms with van der Waals surface area (Å²) in [5, 5.41) is 7.97. The zero-order valence-corrected chi connectivity index (χ0v) is 33.2. The molecule has 2 aromatic carbocycles. The monoisotopic (exact) mass is 817 g/mol. The van der Waals surface area contributed by atoms with Crippen LogP contribution in [-0.2, 0) is 51.1 Å². The fourth-order valence-corrected chi connectivity index (χ4v) is 8.39. The lowest BCUT2D eigenvalue weighted by atomic mass is 9.99. The molecule has 15 nitrogen and oxygen atoms in total. The number of carbonyl (C=O) groups excluding carboxylic acids is 7. The number of piperidine rings is 1. The van der Waals surface area contributed by atoms with Crippen LogP contribution >= 0.6 is 0 Å². The van der Waals surface area contributed by atoms with Gasteiger partial charge in [-0.15, -0.1) is 0 Å². The van der Waals surface area contributed by atoms with E-state index in [1.165, 1.54) is 28.5 Å². The lowest BCUT2D eigenvalue weighted by Crippen LogP contribution is -2.63. The van der Waals surface area contributed by atoms with E-state index >= 15 is 0 Å². The van der Waals surface area contributed by atoms with Gasteiger partial charge in [-0.3, -0.25) is 28.8 Å². The zero-order valence-electron chi connectivity index (χ0n) is 33.2. The summed E-state index contributed by atoms with van der Waals surface area (Å²) in [7, 11) is 0. The van der Waals surface area contributed by atoms with Crippen LogP contribution in [0.5, 0.6) is 0 Å². The Morgan fingerprint density at radius 1 is 0.864 bits per heavy atom. The van der Waals surface area contributed by atoms with Crippen molar-refractivity contribution in [1.29, 1.82) is 0 Å². The predicted octanol–water partition coefficient (Wildman–Crippen LogP) is 1.74. The van der Waals surface area contributed by atoms with Crippen LogP contribution in [0.2, 0.25) is 0 Å². The molecule has 314 valence electrons. The highest BCUT2D eigenvalue weighted by Crippen LogP contribution is 2.28. The molecule has 4 aliphatic rings. The number of ether oxygens (including phenoxy) is 1. The van der Waals surface area contributed by atoms with Crippen LogP contribution in [0.3, 0.4) is 0 Å². The molecule has 59 heavy (non-hydrogen) atoms. The number of carbonyl (C=O) groups is 7. The van der Waals surface area contributed by atoms with Gasteiger partial charge in [0.2, 0.25) is 41.5 Å². The Kier molecular flexibility index (Phi) is 13.3. The molecular weight excluding hydrogens is 768 g/mol. The number of esters is 1. The number of benzene rings is 2. The molecule has 6 amide bonds. The van der Waals surface area contributed by atoms with Gasteiger partial charge in [-0.1, -0.05) is 29.8 Å². The molecule has 0 bridgehead atoms.